The van der Waals surface area contributed by atoms with E-state index in [2.05, 4.69) is 4.72 Å². The van der Waals surface area contributed by atoms with E-state index in [1.165, 1.54) is 26.4 Å². The normalized spacial score (nSPS) is 21.0. The molecule has 4 N–H and O–H groups in total. The first-order valence-electron chi connectivity index (χ1n) is 8.83. The minimum atomic E-state index is -3.44. The second-order valence-electron chi connectivity index (χ2n) is 6.69. The van der Waals surface area contributed by atoms with Crippen molar-refractivity contribution in [3.05, 3.63) is 0 Å². The van der Waals surface area contributed by atoms with Gasteiger partial charge in [0.1, 0.15) is 0 Å². The first kappa shape index (κ1) is 20.8. The largest absolute Gasteiger partial charge is 0.391 e. The van der Waals surface area contributed by atoms with Gasteiger partial charge in [0.2, 0.25) is 10.0 Å². The number of unbranched alkanes of at least 4 members (excludes halogenated alkanes) is 1. The van der Waals surface area contributed by atoms with Crippen LogP contribution in [0.1, 0.15) is 58.3 Å². The number of nitrogens with two attached hydrogens (primary N) is 1. The van der Waals surface area contributed by atoms with Crippen LogP contribution in [0.2, 0.25) is 0 Å². The van der Waals surface area contributed by atoms with Crippen molar-refractivity contribution in [2.24, 2.45) is 11.7 Å². The summed E-state index contributed by atoms with van der Waals surface area (Å²) in [6.45, 7) is 2.43. The third-order valence-electron chi connectivity index (χ3n) is 4.71. The van der Waals surface area contributed by atoms with Crippen molar-refractivity contribution >= 4 is 10.0 Å². The van der Waals surface area contributed by atoms with E-state index in [1.807, 2.05) is 6.92 Å². The average Bonchev–Trinajstić information content (AvgIpc) is 2.53. The van der Waals surface area contributed by atoms with Crippen molar-refractivity contribution in [3.63, 3.8) is 0 Å². The Kier molecular flexibility index (Phi) is 9.61. The number of aliphatic hydroxyl groups excluding tert-OH is 1. The first-order chi connectivity index (χ1) is 10.9. The van der Waals surface area contributed by atoms with Crippen LogP contribution in [0.15, 0.2) is 0 Å². The minimum Gasteiger partial charge on any atom is -0.391 e. The van der Waals surface area contributed by atoms with Gasteiger partial charge in [-0.2, -0.15) is 0 Å². The molecule has 23 heavy (non-hydrogen) atoms. The van der Waals surface area contributed by atoms with Gasteiger partial charge in [0.15, 0.2) is 0 Å². The molecule has 0 spiro atoms. The van der Waals surface area contributed by atoms with Crippen LogP contribution in [0.25, 0.3) is 0 Å². The summed E-state index contributed by atoms with van der Waals surface area (Å²) in [5, 5.41) is 10.4. The summed E-state index contributed by atoms with van der Waals surface area (Å²) in [7, 11) is -2.00. The Bertz CT molecular complexity index is 410. The van der Waals surface area contributed by atoms with E-state index in [4.69, 9.17) is 10.5 Å². The van der Waals surface area contributed by atoms with Crippen LogP contribution in [0.4, 0.5) is 0 Å². The highest BCUT2D eigenvalue weighted by Gasteiger charge is 2.31. The first-order valence-corrected chi connectivity index (χ1v) is 10.5. The van der Waals surface area contributed by atoms with Crippen molar-refractivity contribution < 1.29 is 18.3 Å². The fraction of sp³-hybridized carbons (Fsp3) is 1.00. The monoisotopic (exact) mass is 350 g/mol. The maximum atomic E-state index is 12.1. The van der Waals surface area contributed by atoms with Crippen LogP contribution >= 0.6 is 0 Å². The van der Waals surface area contributed by atoms with E-state index in [9.17, 15) is 13.5 Å². The van der Waals surface area contributed by atoms with Crippen LogP contribution in [-0.4, -0.2) is 51.2 Å². The molecule has 6 nitrogen and oxygen atoms in total. The molecular weight excluding hydrogens is 316 g/mol. The maximum absolute atomic E-state index is 12.1. The molecule has 0 aromatic carbocycles. The Labute approximate surface area is 141 Å². The predicted molar refractivity (Wildman–Crippen MR) is 92.7 cm³/mol. The van der Waals surface area contributed by atoms with Crippen LogP contribution < -0.4 is 10.5 Å². The molecule has 1 saturated carbocycles. The van der Waals surface area contributed by atoms with Crippen molar-refractivity contribution in [1.29, 1.82) is 0 Å². The van der Waals surface area contributed by atoms with Gasteiger partial charge in [-0.05, 0) is 18.8 Å². The van der Waals surface area contributed by atoms with Crippen molar-refractivity contribution in [2.45, 2.75) is 76.5 Å². The van der Waals surface area contributed by atoms with Crippen LogP contribution in [0, 0.1) is 5.92 Å². The number of sulfonamides is 1. The Morgan fingerprint density at radius 3 is 2.52 bits per heavy atom. The minimum absolute atomic E-state index is 0.212. The van der Waals surface area contributed by atoms with E-state index in [0.29, 0.717) is 18.9 Å². The molecule has 1 fully saturated rings. The molecule has 138 valence electrons. The second-order valence-corrected chi connectivity index (χ2v) is 8.54. The summed E-state index contributed by atoms with van der Waals surface area (Å²) in [6.07, 6.45) is 6.85. The third kappa shape index (κ3) is 7.94. The average molecular weight is 351 g/mol. The molecule has 0 heterocycles. The highest BCUT2D eigenvalue weighted by molar-refractivity contribution is 7.89. The standard InChI is InChI=1S/C16H34N2O4S/c1-3-4-10-18-23(20,21)12-15(22-2)16(17)14(19)11-13-8-6-5-7-9-13/h13-16,18-19H,3-12,17H2,1-2H3/t14-,15+,16+/m0/s1. The van der Waals surface area contributed by atoms with Gasteiger partial charge in [0.05, 0.1) is 24.0 Å². The Morgan fingerprint density at radius 1 is 1.30 bits per heavy atom. The number of nitrogens with one attached hydrogen (secondary N) is 1. The molecule has 1 rings (SSSR count). The fourth-order valence-corrected chi connectivity index (χ4v) is 4.55. The van der Waals surface area contributed by atoms with E-state index < -0.39 is 28.3 Å². The lowest BCUT2D eigenvalue weighted by molar-refractivity contribution is 0.0232. The van der Waals surface area contributed by atoms with Gasteiger partial charge in [0, 0.05) is 13.7 Å². The van der Waals surface area contributed by atoms with Crippen molar-refractivity contribution in [1.82, 2.24) is 4.72 Å². The number of aliphatic hydroxyl groups is 1. The lowest BCUT2D eigenvalue weighted by Crippen LogP contribution is -2.50. The van der Waals surface area contributed by atoms with Gasteiger partial charge in [-0.25, -0.2) is 13.1 Å². The zero-order valence-corrected chi connectivity index (χ0v) is 15.4. The van der Waals surface area contributed by atoms with Crippen LogP contribution in [0.3, 0.4) is 0 Å². The number of methoxy groups -OCH3 is 1. The molecule has 1 aliphatic rings. The molecule has 3 atom stereocenters. The molecule has 0 aromatic heterocycles. The Balaban J connectivity index is 2.50. The van der Waals surface area contributed by atoms with Crippen LogP contribution in [-0.2, 0) is 14.8 Å². The molecule has 0 saturated heterocycles. The van der Waals surface area contributed by atoms with Gasteiger partial charge < -0.3 is 15.6 Å². The molecule has 0 amide bonds. The molecular formula is C16H34N2O4S. The van der Waals surface area contributed by atoms with Crippen molar-refractivity contribution in [2.75, 3.05) is 19.4 Å². The van der Waals surface area contributed by atoms with Gasteiger partial charge >= 0.3 is 0 Å². The molecule has 0 radical (unpaired) electrons. The summed E-state index contributed by atoms with van der Waals surface area (Å²) in [6, 6.07) is -0.690. The molecule has 7 heteroatoms. The summed E-state index contributed by atoms with van der Waals surface area (Å²) in [4.78, 5) is 0. The number of ether oxygens (including phenoxy) is 1. The third-order valence-corrected chi connectivity index (χ3v) is 6.12. The van der Waals surface area contributed by atoms with Crippen molar-refractivity contribution in [3.8, 4) is 0 Å². The highest BCUT2D eigenvalue weighted by Crippen LogP contribution is 2.28. The fourth-order valence-electron chi connectivity index (χ4n) is 3.19. The Hall–Kier alpha value is -0.210. The van der Waals surface area contributed by atoms with Gasteiger partial charge in [-0.3, -0.25) is 0 Å². The summed E-state index contributed by atoms with van der Waals surface area (Å²) in [5.74, 6) is 0.275. The van der Waals surface area contributed by atoms with E-state index in [0.717, 1.165) is 25.7 Å². The zero-order chi connectivity index (χ0) is 17.3. The lowest BCUT2D eigenvalue weighted by Gasteiger charge is -2.30. The zero-order valence-electron chi connectivity index (χ0n) is 14.5. The summed E-state index contributed by atoms with van der Waals surface area (Å²) >= 11 is 0. The number of rotatable bonds is 11. The second kappa shape index (κ2) is 10.6. The Morgan fingerprint density at radius 2 is 1.96 bits per heavy atom. The smallest absolute Gasteiger partial charge is 0.214 e. The van der Waals surface area contributed by atoms with E-state index in [1.54, 1.807) is 0 Å². The molecule has 0 bridgehead atoms. The van der Waals surface area contributed by atoms with Gasteiger partial charge in [-0.1, -0.05) is 45.4 Å². The van der Waals surface area contributed by atoms with Gasteiger partial charge in [-0.15, -0.1) is 0 Å². The quantitative estimate of drug-likeness (QED) is 0.489. The SMILES string of the molecule is CCCCNS(=O)(=O)C[C@@H](OC)[C@H](N)[C@@H](O)CC1CCCCC1. The van der Waals surface area contributed by atoms with Crippen LogP contribution in [0.5, 0.6) is 0 Å². The predicted octanol–water partition coefficient (Wildman–Crippen LogP) is 1.38. The molecule has 0 aromatic rings. The molecule has 0 unspecified atom stereocenters. The number of hydrogen-bond donors (Lipinski definition) is 3. The molecule has 1 aliphatic carbocycles. The summed E-state index contributed by atoms with van der Waals surface area (Å²) < 4.78 is 31.9. The van der Waals surface area contributed by atoms with E-state index >= 15 is 0 Å². The lowest BCUT2D eigenvalue weighted by atomic mass is 9.84. The topological polar surface area (TPSA) is 102 Å². The number of hydrogen-bond acceptors (Lipinski definition) is 5. The van der Waals surface area contributed by atoms with Gasteiger partial charge in [0.25, 0.3) is 0 Å². The highest BCUT2D eigenvalue weighted by atomic mass is 32.2. The summed E-state index contributed by atoms with van der Waals surface area (Å²) in [5.41, 5.74) is 6.08. The van der Waals surface area contributed by atoms with E-state index in [-0.39, 0.29) is 5.75 Å². The maximum Gasteiger partial charge on any atom is 0.214 e. The molecule has 0 aliphatic heterocycles.